The number of carbonyl (C=O) groups excluding carboxylic acids is 1. The van der Waals surface area contributed by atoms with Crippen LogP contribution in [0.4, 0.5) is 14.5 Å². The molecule has 1 aromatic rings. The van der Waals surface area contributed by atoms with Gasteiger partial charge in [0.15, 0.2) is 0 Å². The Bertz CT molecular complexity index is 491. The highest BCUT2D eigenvalue weighted by Crippen LogP contribution is 2.19. The summed E-state index contributed by atoms with van der Waals surface area (Å²) < 4.78 is 26.6. The summed E-state index contributed by atoms with van der Waals surface area (Å²) in [5.41, 5.74) is 4.58. The first kappa shape index (κ1) is 15.7. The van der Waals surface area contributed by atoms with E-state index in [1.807, 2.05) is 0 Å². The third kappa shape index (κ3) is 4.14. The average Bonchev–Trinajstić information content (AvgIpc) is 2.46. The number of hydrogen-bond donors (Lipinski definition) is 2. The zero-order chi connectivity index (χ0) is 15.4. The lowest BCUT2D eigenvalue weighted by Crippen LogP contribution is -2.32. The number of anilines is 1. The smallest absolute Gasteiger partial charge is 0.251 e. The molecule has 1 saturated heterocycles. The SMILES string of the molecule is CN1CCC(CCNC(=O)c2cc(F)c(N)c(F)c2)CC1. The van der Waals surface area contributed by atoms with E-state index in [4.69, 9.17) is 5.73 Å². The maximum Gasteiger partial charge on any atom is 0.251 e. The lowest BCUT2D eigenvalue weighted by Gasteiger charge is -2.28. The molecule has 0 unspecified atom stereocenters. The fraction of sp³-hybridized carbons (Fsp3) is 0.533. The van der Waals surface area contributed by atoms with Gasteiger partial charge in [0.2, 0.25) is 0 Å². The topological polar surface area (TPSA) is 58.4 Å². The van der Waals surface area contributed by atoms with Crippen LogP contribution in [0.15, 0.2) is 12.1 Å². The van der Waals surface area contributed by atoms with Gasteiger partial charge in [0.1, 0.15) is 17.3 Å². The van der Waals surface area contributed by atoms with E-state index in [1.54, 1.807) is 0 Å². The second-order valence-electron chi connectivity index (χ2n) is 5.64. The van der Waals surface area contributed by atoms with Crippen molar-refractivity contribution in [2.45, 2.75) is 19.3 Å². The van der Waals surface area contributed by atoms with Crippen molar-refractivity contribution in [2.75, 3.05) is 32.4 Å². The highest BCUT2D eigenvalue weighted by molar-refractivity contribution is 5.94. The number of benzene rings is 1. The van der Waals surface area contributed by atoms with Gasteiger partial charge >= 0.3 is 0 Å². The van der Waals surface area contributed by atoms with Gasteiger partial charge in [0.25, 0.3) is 5.91 Å². The summed E-state index contributed by atoms with van der Waals surface area (Å²) in [6.07, 6.45) is 3.13. The normalized spacial score (nSPS) is 16.9. The Balaban J connectivity index is 1.82. The maximum atomic E-state index is 13.3. The summed E-state index contributed by atoms with van der Waals surface area (Å²) in [4.78, 5) is 14.1. The first-order valence-corrected chi connectivity index (χ1v) is 7.18. The second-order valence-corrected chi connectivity index (χ2v) is 5.64. The van der Waals surface area contributed by atoms with Gasteiger partial charge in [-0.2, -0.15) is 0 Å². The number of rotatable bonds is 4. The minimum absolute atomic E-state index is 0.0393. The van der Waals surface area contributed by atoms with Gasteiger partial charge in [-0.15, -0.1) is 0 Å². The largest absolute Gasteiger partial charge is 0.394 e. The van der Waals surface area contributed by atoms with Gasteiger partial charge in [-0.05, 0) is 57.5 Å². The number of piperidine rings is 1. The van der Waals surface area contributed by atoms with Crippen LogP contribution < -0.4 is 11.1 Å². The summed E-state index contributed by atoms with van der Waals surface area (Å²) in [7, 11) is 2.10. The van der Waals surface area contributed by atoms with Crippen molar-refractivity contribution >= 4 is 11.6 Å². The lowest BCUT2D eigenvalue weighted by molar-refractivity contribution is 0.0948. The zero-order valence-corrected chi connectivity index (χ0v) is 12.2. The van der Waals surface area contributed by atoms with Gasteiger partial charge in [-0.25, -0.2) is 8.78 Å². The highest BCUT2D eigenvalue weighted by Gasteiger charge is 2.17. The quantitative estimate of drug-likeness (QED) is 0.836. The molecule has 3 N–H and O–H groups in total. The molecule has 0 radical (unpaired) electrons. The molecule has 21 heavy (non-hydrogen) atoms. The molecule has 0 aromatic heterocycles. The molecule has 2 rings (SSSR count). The Morgan fingerprint density at radius 3 is 2.48 bits per heavy atom. The Morgan fingerprint density at radius 1 is 1.33 bits per heavy atom. The summed E-state index contributed by atoms with van der Waals surface area (Å²) >= 11 is 0. The zero-order valence-electron chi connectivity index (χ0n) is 12.2. The molecule has 0 aliphatic carbocycles. The minimum Gasteiger partial charge on any atom is -0.394 e. The third-order valence-electron chi connectivity index (χ3n) is 4.02. The van der Waals surface area contributed by atoms with Crippen molar-refractivity contribution in [1.82, 2.24) is 10.2 Å². The number of nitrogens with one attached hydrogen (secondary N) is 1. The number of carbonyl (C=O) groups is 1. The van der Waals surface area contributed by atoms with Crippen LogP contribution in [-0.2, 0) is 0 Å². The van der Waals surface area contributed by atoms with Crippen molar-refractivity contribution in [3.05, 3.63) is 29.3 Å². The molecule has 1 heterocycles. The van der Waals surface area contributed by atoms with Crippen molar-refractivity contribution in [2.24, 2.45) is 5.92 Å². The van der Waals surface area contributed by atoms with Crippen molar-refractivity contribution in [3.8, 4) is 0 Å². The fourth-order valence-electron chi connectivity index (χ4n) is 2.56. The molecule has 1 aliphatic rings. The molecule has 116 valence electrons. The molecule has 0 saturated carbocycles. The average molecular weight is 297 g/mol. The second kappa shape index (κ2) is 6.85. The van der Waals surface area contributed by atoms with E-state index in [0.717, 1.165) is 44.5 Å². The predicted molar refractivity (Wildman–Crippen MR) is 77.9 cm³/mol. The predicted octanol–water partition coefficient (Wildman–Crippen LogP) is 2.01. The van der Waals surface area contributed by atoms with Crippen LogP contribution >= 0.6 is 0 Å². The Hall–Kier alpha value is -1.69. The van der Waals surface area contributed by atoms with Crippen LogP contribution in [0.1, 0.15) is 29.6 Å². The fourth-order valence-corrected chi connectivity index (χ4v) is 2.56. The van der Waals surface area contributed by atoms with Crippen molar-refractivity contribution in [3.63, 3.8) is 0 Å². The van der Waals surface area contributed by atoms with E-state index < -0.39 is 23.2 Å². The molecule has 1 fully saturated rings. The van der Waals surface area contributed by atoms with E-state index in [9.17, 15) is 13.6 Å². The van der Waals surface area contributed by atoms with Crippen LogP contribution in [0, 0.1) is 17.6 Å². The third-order valence-corrected chi connectivity index (χ3v) is 4.02. The van der Waals surface area contributed by atoms with Gasteiger partial charge in [0.05, 0.1) is 0 Å². The van der Waals surface area contributed by atoms with E-state index in [-0.39, 0.29) is 5.56 Å². The van der Waals surface area contributed by atoms with E-state index >= 15 is 0 Å². The monoisotopic (exact) mass is 297 g/mol. The Morgan fingerprint density at radius 2 is 1.90 bits per heavy atom. The first-order valence-electron chi connectivity index (χ1n) is 7.18. The van der Waals surface area contributed by atoms with E-state index in [1.165, 1.54) is 0 Å². The molecule has 4 nitrogen and oxygen atoms in total. The molecule has 0 spiro atoms. The van der Waals surface area contributed by atoms with Crippen molar-refractivity contribution in [1.29, 1.82) is 0 Å². The van der Waals surface area contributed by atoms with Gasteiger partial charge in [-0.1, -0.05) is 0 Å². The summed E-state index contributed by atoms with van der Waals surface area (Å²) in [6, 6.07) is 1.92. The number of nitrogens with zero attached hydrogens (tertiary/aromatic N) is 1. The summed E-state index contributed by atoms with van der Waals surface area (Å²) in [5.74, 6) is -1.69. The number of nitrogens with two attached hydrogens (primary N) is 1. The van der Waals surface area contributed by atoms with Crippen LogP contribution in [0.25, 0.3) is 0 Å². The molecule has 1 aromatic carbocycles. The summed E-state index contributed by atoms with van der Waals surface area (Å²) in [6.45, 7) is 2.67. The Kier molecular flexibility index (Phi) is 5.12. The number of halogens is 2. The summed E-state index contributed by atoms with van der Waals surface area (Å²) in [5, 5.41) is 2.70. The molecule has 1 amide bonds. The maximum absolute atomic E-state index is 13.3. The highest BCUT2D eigenvalue weighted by atomic mass is 19.1. The molecular formula is C15H21F2N3O. The van der Waals surface area contributed by atoms with Crippen LogP contribution in [0.5, 0.6) is 0 Å². The number of hydrogen-bond acceptors (Lipinski definition) is 3. The van der Waals surface area contributed by atoms with E-state index in [0.29, 0.717) is 12.5 Å². The van der Waals surface area contributed by atoms with E-state index in [2.05, 4.69) is 17.3 Å². The number of likely N-dealkylation sites (tertiary alicyclic amines) is 1. The molecular weight excluding hydrogens is 276 g/mol. The van der Waals surface area contributed by atoms with Crippen LogP contribution in [-0.4, -0.2) is 37.5 Å². The standard InChI is InChI=1S/C15H21F2N3O/c1-20-6-3-10(4-7-20)2-5-19-15(21)11-8-12(16)14(18)13(17)9-11/h8-10H,2-7,18H2,1H3,(H,19,21). The Labute approximate surface area is 123 Å². The minimum atomic E-state index is -0.907. The number of amides is 1. The molecule has 0 atom stereocenters. The van der Waals surface area contributed by atoms with Gasteiger partial charge in [0, 0.05) is 12.1 Å². The van der Waals surface area contributed by atoms with Crippen LogP contribution in [0.3, 0.4) is 0 Å². The first-order chi connectivity index (χ1) is 9.97. The van der Waals surface area contributed by atoms with Crippen LogP contribution in [0.2, 0.25) is 0 Å². The molecule has 1 aliphatic heterocycles. The number of nitrogen functional groups attached to an aromatic ring is 1. The van der Waals surface area contributed by atoms with Crippen molar-refractivity contribution < 1.29 is 13.6 Å². The lowest BCUT2D eigenvalue weighted by atomic mass is 9.94. The van der Waals surface area contributed by atoms with Gasteiger partial charge < -0.3 is 16.0 Å². The van der Waals surface area contributed by atoms with Gasteiger partial charge in [-0.3, -0.25) is 4.79 Å². The molecule has 0 bridgehead atoms. The molecule has 6 heteroatoms.